The van der Waals surface area contributed by atoms with Gasteiger partial charge in [0, 0.05) is 5.56 Å². The minimum absolute atomic E-state index is 0.938. The minimum Gasteiger partial charge on any atom is -0.342 e. The zero-order valence-electron chi connectivity index (χ0n) is 11.1. The first-order valence-corrected chi connectivity index (χ1v) is 6.17. The Hall–Kier alpha value is -2.09. The fourth-order valence-corrected chi connectivity index (χ4v) is 2.01. The first-order chi connectivity index (χ1) is 8.76. The van der Waals surface area contributed by atoms with Gasteiger partial charge in [0.1, 0.15) is 5.82 Å². The molecule has 0 spiro atoms. The lowest BCUT2D eigenvalue weighted by molar-refractivity contribution is 1.14. The SMILES string of the molecule is C/C=C\C(=C/C)c1[nH]c(C)nc1-c1ccccc1. The molecule has 2 aromatic rings. The Labute approximate surface area is 108 Å². The van der Waals surface area contributed by atoms with E-state index in [0.717, 1.165) is 28.3 Å². The molecule has 1 aromatic carbocycles. The summed E-state index contributed by atoms with van der Waals surface area (Å²) in [6.07, 6.45) is 6.24. The zero-order valence-corrected chi connectivity index (χ0v) is 11.1. The molecule has 0 aliphatic rings. The smallest absolute Gasteiger partial charge is 0.104 e. The van der Waals surface area contributed by atoms with Gasteiger partial charge in [-0.1, -0.05) is 48.6 Å². The molecule has 0 saturated heterocycles. The van der Waals surface area contributed by atoms with E-state index >= 15 is 0 Å². The Kier molecular flexibility index (Phi) is 3.78. The highest BCUT2D eigenvalue weighted by Gasteiger charge is 2.11. The van der Waals surface area contributed by atoms with Crippen LogP contribution in [0, 0.1) is 6.92 Å². The van der Waals surface area contributed by atoms with Gasteiger partial charge in [-0.15, -0.1) is 0 Å². The van der Waals surface area contributed by atoms with Crippen molar-refractivity contribution in [2.45, 2.75) is 20.8 Å². The van der Waals surface area contributed by atoms with E-state index in [2.05, 4.69) is 34.3 Å². The van der Waals surface area contributed by atoms with Crippen molar-refractivity contribution in [1.82, 2.24) is 9.97 Å². The van der Waals surface area contributed by atoms with Crippen LogP contribution in [0.2, 0.25) is 0 Å². The zero-order chi connectivity index (χ0) is 13.0. The topological polar surface area (TPSA) is 28.7 Å². The number of hydrogen-bond donors (Lipinski definition) is 1. The van der Waals surface area contributed by atoms with E-state index in [0.29, 0.717) is 0 Å². The van der Waals surface area contributed by atoms with Gasteiger partial charge in [-0.2, -0.15) is 0 Å². The van der Waals surface area contributed by atoms with Crippen LogP contribution < -0.4 is 0 Å². The largest absolute Gasteiger partial charge is 0.342 e. The van der Waals surface area contributed by atoms with Crippen LogP contribution in [-0.4, -0.2) is 9.97 Å². The van der Waals surface area contributed by atoms with E-state index in [1.807, 2.05) is 45.0 Å². The first kappa shape index (κ1) is 12.4. The third-order valence-electron chi connectivity index (χ3n) is 2.82. The predicted octanol–water partition coefficient (Wildman–Crippen LogP) is 4.36. The Bertz CT molecular complexity index is 574. The van der Waals surface area contributed by atoms with Gasteiger partial charge in [-0.25, -0.2) is 4.98 Å². The molecular formula is C16H18N2. The number of benzene rings is 1. The highest BCUT2D eigenvalue weighted by Crippen LogP contribution is 2.27. The lowest BCUT2D eigenvalue weighted by Crippen LogP contribution is -1.86. The van der Waals surface area contributed by atoms with E-state index in [9.17, 15) is 0 Å². The molecule has 0 aliphatic heterocycles. The third kappa shape index (κ3) is 2.43. The molecule has 2 heteroatoms. The molecule has 0 atom stereocenters. The molecule has 2 rings (SSSR count). The fraction of sp³-hybridized carbons (Fsp3) is 0.188. The van der Waals surface area contributed by atoms with E-state index in [-0.39, 0.29) is 0 Å². The van der Waals surface area contributed by atoms with E-state index in [1.165, 1.54) is 0 Å². The number of rotatable bonds is 3. The molecule has 2 nitrogen and oxygen atoms in total. The van der Waals surface area contributed by atoms with E-state index < -0.39 is 0 Å². The maximum Gasteiger partial charge on any atom is 0.104 e. The van der Waals surface area contributed by atoms with Crippen LogP contribution in [0.25, 0.3) is 16.8 Å². The summed E-state index contributed by atoms with van der Waals surface area (Å²) in [5, 5.41) is 0. The molecular weight excluding hydrogens is 220 g/mol. The number of nitrogens with zero attached hydrogens (tertiary/aromatic N) is 1. The number of H-pyrrole nitrogens is 1. The minimum atomic E-state index is 0.938. The number of aryl methyl sites for hydroxylation is 1. The second kappa shape index (κ2) is 5.50. The maximum atomic E-state index is 4.60. The quantitative estimate of drug-likeness (QED) is 0.790. The van der Waals surface area contributed by atoms with E-state index in [4.69, 9.17) is 0 Å². The van der Waals surface area contributed by atoms with Crippen LogP contribution in [0.15, 0.2) is 48.6 Å². The molecule has 18 heavy (non-hydrogen) atoms. The van der Waals surface area contributed by atoms with Crippen molar-refractivity contribution in [2.24, 2.45) is 0 Å². The molecule has 92 valence electrons. The summed E-state index contributed by atoms with van der Waals surface area (Å²) >= 11 is 0. The summed E-state index contributed by atoms with van der Waals surface area (Å²) in [5.41, 5.74) is 4.40. The summed E-state index contributed by atoms with van der Waals surface area (Å²) in [5.74, 6) is 0.938. The van der Waals surface area contributed by atoms with Gasteiger partial charge in [-0.3, -0.25) is 0 Å². The third-order valence-corrected chi connectivity index (χ3v) is 2.82. The maximum absolute atomic E-state index is 4.60. The number of aromatic nitrogens is 2. The van der Waals surface area contributed by atoms with Gasteiger partial charge >= 0.3 is 0 Å². The van der Waals surface area contributed by atoms with Gasteiger partial charge in [0.15, 0.2) is 0 Å². The lowest BCUT2D eigenvalue weighted by atomic mass is 10.0. The Morgan fingerprint density at radius 1 is 1.17 bits per heavy atom. The van der Waals surface area contributed by atoms with Crippen LogP contribution in [0.4, 0.5) is 0 Å². The normalized spacial score (nSPS) is 12.3. The molecule has 1 N–H and O–H groups in total. The standard InChI is InChI=1S/C16H18N2/c1-4-9-13(5-2)15-16(18-12(3)17-15)14-10-7-6-8-11-14/h4-11H,1-3H3,(H,17,18)/b9-4-,13-5+. The van der Waals surface area contributed by atoms with Crippen molar-refractivity contribution >= 4 is 5.57 Å². The van der Waals surface area contributed by atoms with Crippen LogP contribution in [0.1, 0.15) is 25.4 Å². The summed E-state index contributed by atoms with van der Waals surface area (Å²) < 4.78 is 0. The van der Waals surface area contributed by atoms with Gasteiger partial charge in [0.25, 0.3) is 0 Å². The average molecular weight is 238 g/mol. The molecule has 1 heterocycles. The molecule has 0 saturated carbocycles. The Morgan fingerprint density at radius 2 is 1.89 bits per heavy atom. The van der Waals surface area contributed by atoms with Gasteiger partial charge in [0.05, 0.1) is 11.4 Å². The number of nitrogens with one attached hydrogen (secondary N) is 1. The number of aromatic amines is 1. The molecule has 0 bridgehead atoms. The summed E-state index contributed by atoms with van der Waals surface area (Å²) in [6.45, 7) is 6.05. The number of hydrogen-bond acceptors (Lipinski definition) is 1. The predicted molar refractivity (Wildman–Crippen MR) is 77.2 cm³/mol. The highest BCUT2D eigenvalue weighted by molar-refractivity contribution is 5.81. The Balaban J connectivity index is 2.56. The molecule has 0 aliphatic carbocycles. The molecule has 0 fully saturated rings. The summed E-state index contributed by atoms with van der Waals surface area (Å²) in [7, 11) is 0. The second-order valence-corrected chi connectivity index (χ2v) is 4.16. The van der Waals surface area contributed by atoms with Gasteiger partial charge in [-0.05, 0) is 26.3 Å². The van der Waals surface area contributed by atoms with Crippen molar-refractivity contribution in [3.8, 4) is 11.3 Å². The summed E-state index contributed by atoms with van der Waals surface area (Å²) in [4.78, 5) is 7.95. The van der Waals surface area contributed by atoms with Crippen molar-refractivity contribution < 1.29 is 0 Å². The van der Waals surface area contributed by atoms with Crippen LogP contribution in [0.5, 0.6) is 0 Å². The van der Waals surface area contributed by atoms with Gasteiger partial charge in [0.2, 0.25) is 0 Å². The van der Waals surface area contributed by atoms with Crippen LogP contribution in [-0.2, 0) is 0 Å². The van der Waals surface area contributed by atoms with Crippen molar-refractivity contribution in [3.05, 3.63) is 60.1 Å². The van der Waals surface area contributed by atoms with Crippen molar-refractivity contribution in [3.63, 3.8) is 0 Å². The molecule has 0 radical (unpaired) electrons. The van der Waals surface area contributed by atoms with Crippen molar-refractivity contribution in [1.29, 1.82) is 0 Å². The summed E-state index contributed by atoms with van der Waals surface area (Å²) in [6, 6.07) is 10.3. The van der Waals surface area contributed by atoms with Gasteiger partial charge < -0.3 is 4.98 Å². The molecule has 0 amide bonds. The highest BCUT2D eigenvalue weighted by atomic mass is 14.9. The van der Waals surface area contributed by atoms with Crippen LogP contribution in [0.3, 0.4) is 0 Å². The van der Waals surface area contributed by atoms with Crippen LogP contribution >= 0.6 is 0 Å². The monoisotopic (exact) mass is 238 g/mol. The average Bonchev–Trinajstić information content (AvgIpc) is 2.79. The number of imidazole rings is 1. The first-order valence-electron chi connectivity index (χ1n) is 6.17. The fourth-order valence-electron chi connectivity index (χ4n) is 2.01. The molecule has 1 aromatic heterocycles. The van der Waals surface area contributed by atoms with Crippen molar-refractivity contribution in [2.75, 3.05) is 0 Å². The lowest BCUT2D eigenvalue weighted by Gasteiger charge is -2.03. The number of allylic oxidation sites excluding steroid dienone is 4. The van der Waals surface area contributed by atoms with E-state index in [1.54, 1.807) is 0 Å². The Morgan fingerprint density at radius 3 is 2.50 bits per heavy atom. The second-order valence-electron chi connectivity index (χ2n) is 4.16. The molecule has 0 unspecified atom stereocenters.